The molecule has 0 N–H and O–H groups in total. The van der Waals surface area contributed by atoms with Crippen LogP contribution in [-0.2, 0) is 6.42 Å². The van der Waals surface area contributed by atoms with E-state index in [2.05, 4.69) is 32.0 Å². The van der Waals surface area contributed by atoms with Crippen LogP contribution in [0.4, 0.5) is 4.39 Å². The van der Waals surface area contributed by atoms with Gasteiger partial charge in [0.2, 0.25) is 0 Å². The minimum Gasteiger partial charge on any atom is -0.207 e. The molecule has 0 radical (unpaired) electrons. The fourth-order valence-electron chi connectivity index (χ4n) is 1.83. The summed E-state index contributed by atoms with van der Waals surface area (Å²) in [6.45, 7) is 4.22. The van der Waals surface area contributed by atoms with Crippen molar-refractivity contribution in [2.24, 2.45) is 0 Å². The van der Waals surface area contributed by atoms with Crippen LogP contribution < -0.4 is 0 Å². The van der Waals surface area contributed by atoms with Crippen molar-refractivity contribution in [2.45, 2.75) is 20.3 Å². The summed E-state index contributed by atoms with van der Waals surface area (Å²) in [7, 11) is 0. The molecule has 82 valence electrons. The zero-order chi connectivity index (χ0) is 11.5. The minimum absolute atomic E-state index is 0.187. The van der Waals surface area contributed by atoms with E-state index in [9.17, 15) is 4.39 Å². The number of rotatable bonds is 2. The maximum absolute atomic E-state index is 12.8. The van der Waals surface area contributed by atoms with Crippen LogP contribution in [0.1, 0.15) is 18.1 Å². The van der Waals surface area contributed by atoms with E-state index in [1.807, 2.05) is 12.1 Å². The van der Waals surface area contributed by atoms with E-state index in [1.165, 1.54) is 28.8 Å². The maximum Gasteiger partial charge on any atom is 0.123 e. The molecule has 0 atom stereocenters. The van der Waals surface area contributed by atoms with Gasteiger partial charge in [-0.2, -0.15) is 0 Å². The van der Waals surface area contributed by atoms with Crippen LogP contribution in [0.25, 0.3) is 11.1 Å². The average molecular weight is 214 g/mol. The molecule has 0 aromatic heterocycles. The van der Waals surface area contributed by atoms with Gasteiger partial charge in [0, 0.05) is 0 Å². The molecule has 2 rings (SSSR count). The summed E-state index contributed by atoms with van der Waals surface area (Å²) in [6, 6.07) is 13.1. The second-order valence-electron chi connectivity index (χ2n) is 4.01. The van der Waals surface area contributed by atoms with Crippen molar-refractivity contribution in [3.05, 3.63) is 59.4 Å². The van der Waals surface area contributed by atoms with Crippen LogP contribution in [-0.4, -0.2) is 0 Å². The molecule has 0 heterocycles. The van der Waals surface area contributed by atoms with Crippen LogP contribution in [0.5, 0.6) is 0 Å². The first kappa shape index (κ1) is 10.9. The number of halogens is 1. The van der Waals surface area contributed by atoms with Gasteiger partial charge in [-0.25, -0.2) is 4.39 Å². The van der Waals surface area contributed by atoms with Crippen molar-refractivity contribution < 1.29 is 4.39 Å². The second-order valence-corrected chi connectivity index (χ2v) is 4.01. The van der Waals surface area contributed by atoms with Gasteiger partial charge < -0.3 is 0 Å². The molecular formula is C15H15F. The lowest BCUT2D eigenvalue weighted by Crippen LogP contribution is -1.87. The Hall–Kier alpha value is -1.63. The quantitative estimate of drug-likeness (QED) is 0.696. The Kier molecular flexibility index (Phi) is 3.04. The monoisotopic (exact) mass is 214 g/mol. The number of hydrogen-bond donors (Lipinski definition) is 0. The summed E-state index contributed by atoms with van der Waals surface area (Å²) in [6.07, 6.45) is 1.02. The molecule has 0 spiro atoms. The Balaban J connectivity index is 2.50. The first-order valence-electron chi connectivity index (χ1n) is 5.56. The zero-order valence-electron chi connectivity index (χ0n) is 9.63. The lowest BCUT2D eigenvalue weighted by atomic mass is 9.97. The van der Waals surface area contributed by atoms with Crippen molar-refractivity contribution in [2.75, 3.05) is 0 Å². The molecule has 0 saturated carbocycles. The van der Waals surface area contributed by atoms with Gasteiger partial charge in [0.25, 0.3) is 0 Å². The Bertz CT molecular complexity index is 483. The molecule has 0 fully saturated rings. The van der Waals surface area contributed by atoms with E-state index >= 15 is 0 Å². The predicted molar refractivity (Wildman–Crippen MR) is 66.0 cm³/mol. The molecular weight excluding hydrogens is 199 g/mol. The molecule has 0 unspecified atom stereocenters. The summed E-state index contributed by atoms with van der Waals surface area (Å²) in [5.74, 6) is -0.187. The standard InChI is InChI=1S/C15H15F/c1-3-12-5-4-11(2)15(10-12)13-6-8-14(16)9-7-13/h4-10H,3H2,1-2H3. The van der Waals surface area contributed by atoms with Gasteiger partial charge in [-0.3, -0.25) is 0 Å². The van der Waals surface area contributed by atoms with E-state index in [4.69, 9.17) is 0 Å². The smallest absolute Gasteiger partial charge is 0.123 e. The van der Waals surface area contributed by atoms with Gasteiger partial charge in [0.1, 0.15) is 5.82 Å². The van der Waals surface area contributed by atoms with Gasteiger partial charge in [0.05, 0.1) is 0 Å². The molecule has 0 saturated heterocycles. The summed E-state index contributed by atoms with van der Waals surface area (Å²) in [5, 5.41) is 0. The van der Waals surface area contributed by atoms with E-state index < -0.39 is 0 Å². The topological polar surface area (TPSA) is 0 Å². The van der Waals surface area contributed by atoms with Crippen LogP contribution in [0.2, 0.25) is 0 Å². The van der Waals surface area contributed by atoms with Gasteiger partial charge in [-0.05, 0) is 47.7 Å². The van der Waals surface area contributed by atoms with Crippen LogP contribution >= 0.6 is 0 Å². The van der Waals surface area contributed by atoms with Crippen molar-refractivity contribution >= 4 is 0 Å². The number of hydrogen-bond acceptors (Lipinski definition) is 0. The lowest BCUT2D eigenvalue weighted by Gasteiger charge is -2.08. The van der Waals surface area contributed by atoms with Gasteiger partial charge in [0.15, 0.2) is 0 Å². The third kappa shape index (κ3) is 2.13. The first-order chi connectivity index (χ1) is 7.70. The highest BCUT2D eigenvalue weighted by Gasteiger charge is 2.02. The van der Waals surface area contributed by atoms with Crippen LogP contribution in [0.3, 0.4) is 0 Å². The lowest BCUT2D eigenvalue weighted by molar-refractivity contribution is 0.628. The maximum atomic E-state index is 12.8. The second kappa shape index (κ2) is 4.48. The molecule has 1 heteroatoms. The highest BCUT2D eigenvalue weighted by Crippen LogP contribution is 2.24. The summed E-state index contributed by atoms with van der Waals surface area (Å²) >= 11 is 0. The Morgan fingerprint density at radius 3 is 2.31 bits per heavy atom. The SMILES string of the molecule is CCc1ccc(C)c(-c2ccc(F)cc2)c1. The molecule has 0 nitrogen and oxygen atoms in total. The zero-order valence-corrected chi connectivity index (χ0v) is 9.63. The fraction of sp³-hybridized carbons (Fsp3) is 0.200. The van der Waals surface area contributed by atoms with Crippen molar-refractivity contribution in [3.63, 3.8) is 0 Å². The highest BCUT2D eigenvalue weighted by molar-refractivity contribution is 5.67. The first-order valence-corrected chi connectivity index (χ1v) is 5.56. The number of benzene rings is 2. The predicted octanol–water partition coefficient (Wildman–Crippen LogP) is 4.36. The van der Waals surface area contributed by atoms with E-state index in [-0.39, 0.29) is 5.82 Å². The van der Waals surface area contributed by atoms with E-state index in [0.717, 1.165) is 12.0 Å². The fourth-order valence-corrected chi connectivity index (χ4v) is 1.83. The van der Waals surface area contributed by atoms with E-state index in [0.29, 0.717) is 0 Å². The van der Waals surface area contributed by atoms with E-state index in [1.54, 1.807) is 0 Å². The third-order valence-electron chi connectivity index (χ3n) is 2.87. The summed E-state index contributed by atoms with van der Waals surface area (Å²) in [4.78, 5) is 0. The van der Waals surface area contributed by atoms with Crippen LogP contribution in [0, 0.1) is 12.7 Å². The van der Waals surface area contributed by atoms with Gasteiger partial charge in [-0.15, -0.1) is 0 Å². The van der Waals surface area contributed by atoms with Gasteiger partial charge >= 0.3 is 0 Å². The van der Waals surface area contributed by atoms with Crippen molar-refractivity contribution in [1.29, 1.82) is 0 Å². The third-order valence-corrected chi connectivity index (χ3v) is 2.87. The molecule has 0 aliphatic heterocycles. The molecule has 0 bridgehead atoms. The molecule has 0 aliphatic carbocycles. The summed E-state index contributed by atoms with van der Waals surface area (Å²) in [5.41, 5.74) is 4.81. The average Bonchev–Trinajstić information content (AvgIpc) is 2.31. The Morgan fingerprint density at radius 2 is 1.69 bits per heavy atom. The minimum atomic E-state index is -0.187. The Labute approximate surface area is 95.7 Å². The normalized spacial score (nSPS) is 10.4. The molecule has 0 aliphatic rings. The van der Waals surface area contributed by atoms with Crippen molar-refractivity contribution in [3.8, 4) is 11.1 Å². The molecule has 16 heavy (non-hydrogen) atoms. The largest absolute Gasteiger partial charge is 0.207 e. The summed E-state index contributed by atoms with van der Waals surface area (Å²) < 4.78 is 12.8. The Morgan fingerprint density at radius 1 is 1.00 bits per heavy atom. The molecule has 2 aromatic rings. The molecule has 0 amide bonds. The van der Waals surface area contributed by atoms with Gasteiger partial charge in [-0.1, -0.05) is 37.3 Å². The van der Waals surface area contributed by atoms with Crippen LogP contribution in [0.15, 0.2) is 42.5 Å². The molecule has 2 aromatic carbocycles. The highest BCUT2D eigenvalue weighted by atomic mass is 19.1. The van der Waals surface area contributed by atoms with Crippen molar-refractivity contribution in [1.82, 2.24) is 0 Å². The number of aryl methyl sites for hydroxylation is 2.